The maximum atomic E-state index is 10.5. The molecule has 0 aromatic rings. The maximum Gasteiger partial charge on any atom is 0.208 e. The molecule has 0 amide bonds. The number of aliphatic hydroxyl groups is 1. The Bertz CT molecular complexity index is 201. The standard InChI is InChI=1S/C6H16N2O3S/c1-6(9)5-7-3-4-8-12(2,10)11/h6-9H,3-5H2,1-2H3/t6-/m0/s1. The van der Waals surface area contributed by atoms with Crippen LogP contribution in [0.3, 0.4) is 0 Å². The van der Waals surface area contributed by atoms with Crippen LogP contribution < -0.4 is 10.0 Å². The first-order valence-electron chi connectivity index (χ1n) is 3.75. The van der Waals surface area contributed by atoms with E-state index in [4.69, 9.17) is 5.11 Å². The van der Waals surface area contributed by atoms with E-state index in [1.54, 1.807) is 6.92 Å². The second kappa shape index (κ2) is 5.47. The third kappa shape index (κ3) is 9.83. The van der Waals surface area contributed by atoms with E-state index in [0.717, 1.165) is 6.26 Å². The fraction of sp³-hybridized carbons (Fsp3) is 1.00. The van der Waals surface area contributed by atoms with Gasteiger partial charge in [0.2, 0.25) is 10.0 Å². The van der Waals surface area contributed by atoms with Crippen LogP contribution in [0.15, 0.2) is 0 Å². The molecule has 0 rings (SSSR count). The molecule has 0 heterocycles. The van der Waals surface area contributed by atoms with Crippen LogP contribution in [0.4, 0.5) is 0 Å². The fourth-order valence-electron chi connectivity index (χ4n) is 0.636. The van der Waals surface area contributed by atoms with Gasteiger partial charge in [0.15, 0.2) is 0 Å². The monoisotopic (exact) mass is 196 g/mol. The number of aliphatic hydroxyl groups excluding tert-OH is 1. The van der Waals surface area contributed by atoms with Gasteiger partial charge in [-0.2, -0.15) is 0 Å². The van der Waals surface area contributed by atoms with Crippen LogP contribution in [-0.2, 0) is 10.0 Å². The Labute approximate surface area is 73.2 Å². The highest BCUT2D eigenvalue weighted by Gasteiger charge is 1.98. The molecule has 0 aliphatic heterocycles. The van der Waals surface area contributed by atoms with Crippen LogP contribution in [0.25, 0.3) is 0 Å². The van der Waals surface area contributed by atoms with Gasteiger partial charge in [-0.15, -0.1) is 0 Å². The molecule has 0 bridgehead atoms. The van der Waals surface area contributed by atoms with Gasteiger partial charge >= 0.3 is 0 Å². The summed E-state index contributed by atoms with van der Waals surface area (Å²) in [6, 6.07) is 0. The molecule has 0 saturated carbocycles. The summed E-state index contributed by atoms with van der Waals surface area (Å²) in [5, 5.41) is 11.7. The Morgan fingerprint density at radius 3 is 2.42 bits per heavy atom. The lowest BCUT2D eigenvalue weighted by Crippen LogP contribution is -2.33. The summed E-state index contributed by atoms with van der Waals surface area (Å²) in [4.78, 5) is 0. The Morgan fingerprint density at radius 2 is 2.00 bits per heavy atom. The minimum absolute atomic E-state index is 0.353. The highest BCUT2D eigenvalue weighted by Crippen LogP contribution is 1.74. The van der Waals surface area contributed by atoms with E-state index in [1.165, 1.54) is 0 Å². The largest absolute Gasteiger partial charge is 0.392 e. The molecule has 0 aliphatic rings. The van der Waals surface area contributed by atoms with Gasteiger partial charge in [0.1, 0.15) is 0 Å². The van der Waals surface area contributed by atoms with Crippen molar-refractivity contribution >= 4 is 10.0 Å². The van der Waals surface area contributed by atoms with Crippen LogP contribution >= 0.6 is 0 Å². The first-order chi connectivity index (χ1) is 5.42. The van der Waals surface area contributed by atoms with Crippen LogP contribution in [0.1, 0.15) is 6.92 Å². The van der Waals surface area contributed by atoms with Crippen molar-refractivity contribution in [1.29, 1.82) is 0 Å². The van der Waals surface area contributed by atoms with E-state index in [0.29, 0.717) is 19.6 Å². The van der Waals surface area contributed by atoms with Crippen molar-refractivity contribution in [3.05, 3.63) is 0 Å². The summed E-state index contributed by atoms with van der Waals surface area (Å²) in [6.07, 6.45) is 0.713. The van der Waals surface area contributed by atoms with Gasteiger partial charge in [-0.3, -0.25) is 0 Å². The summed E-state index contributed by atoms with van der Waals surface area (Å²) < 4.78 is 23.4. The predicted octanol–water partition coefficient (Wildman–Crippen LogP) is -1.49. The van der Waals surface area contributed by atoms with Crippen molar-refractivity contribution in [1.82, 2.24) is 10.0 Å². The Hall–Kier alpha value is -0.170. The van der Waals surface area contributed by atoms with Crippen molar-refractivity contribution in [2.24, 2.45) is 0 Å². The maximum absolute atomic E-state index is 10.5. The van der Waals surface area contributed by atoms with Gasteiger partial charge in [-0.05, 0) is 6.92 Å². The van der Waals surface area contributed by atoms with Gasteiger partial charge in [-0.1, -0.05) is 0 Å². The molecular weight excluding hydrogens is 180 g/mol. The van der Waals surface area contributed by atoms with E-state index in [1.807, 2.05) is 0 Å². The lowest BCUT2D eigenvalue weighted by Gasteiger charge is -2.06. The zero-order valence-corrected chi connectivity index (χ0v) is 8.19. The van der Waals surface area contributed by atoms with Crippen molar-refractivity contribution in [3.8, 4) is 0 Å². The lowest BCUT2D eigenvalue weighted by molar-refractivity contribution is 0.192. The van der Waals surface area contributed by atoms with Crippen LogP contribution in [0.5, 0.6) is 0 Å². The first-order valence-corrected chi connectivity index (χ1v) is 5.64. The summed E-state index contributed by atoms with van der Waals surface area (Å²) in [5.74, 6) is 0. The summed E-state index contributed by atoms with van der Waals surface area (Å²) in [7, 11) is -3.08. The second-order valence-electron chi connectivity index (χ2n) is 2.72. The summed E-state index contributed by atoms with van der Waals surface area (Å²) in [5.41, 5.74) is 0. The highest BCUT2D eigenvalue weighted by atomic mass is 32.2. The Kier molecular flexibility index (Phi) is 5.39. The van der Waals surface area contributed by atoms with Gasteiger partial charge < -0.3 is 10.4 Å². The molecule has 74 valence electrons. The zero-order chi connectivity index (χ0) is 9.61. The molecule has 1 atom stereocenters. The molecule has 0 aromatic carbocycles. The van der Waals surface area contributed by atoms with E-state index < -0.39 is 16.1 Å². The van der Waals surface area contributed by atoms with E-state index >= 15 is 0 Å². The van der Waals surface area contributed by atoms with Gasteiger partial charge in [-0.25, -0.2) is 13.1 Å². The third-order valence-corrected chi connectivity index (χ3v) is 1.83. The second-order valence-corrected chi connectivity index (χ2v) is 4.55. The molecule has 0 saturated heterocycles. The minimum Gasteiger partial charge on any atom is -0.392 e. The van der Waals surface area contributed by atoms with Crippen LogP contribution in [-0.4, -0.2) is 45.5 Å². The van der Waals surface area contributed by atoms with E-state index in [2.05, 4.69) is 10.0 Å². The lowest BCUT2D eigenvalue weighted by atomic mass is 10.4. The molecule has 5 nitrogen and oxygen atoms in total. The molecule has 6 heteroatoms. The van der Waals surface area contributed by atoms with E-state index in [-0.39, 0.29) is 0 Å². The molecular formula is C6H16N2O3S. The molecule has 0 aliphatic carbocycles. The van der Waals surface area contributed by atoms with Gasteiger partial charge in [0.05, 0.1) is 12.4 Å². The topological polar surface area (TPSA) is 78.4 Å². The minimum atomic E-state index is -3.08. The fourth-order valence-corrected chi connectivity index (χ4v) is 1.11. The highest BCUT2D eigenvalue weighted by molar-refractivity contribution is 7.88. The molecule has 3 N–H and O–H groups in total. The number of hydrogen-bond donors (Lipinski definition) is 3. The average Bonchev–Trinajstić information content (AvgIpc) is 1.83. The molecule has 0 fully saturated rings. The molecule has 0 unspecified atom stereocenters. The number of sulfonamides is 1. The van der Waals surface area contributed by atoms with Crippen LogP contribution in [0, 0.1) is 0 Å². The quantitative estimate of drug-likeness (QED) is 0.452. The van der Waals surface area contributed by atoms with Crippen molar-refractivity contribution < 1.29 is 13.5 Å². The Morgan fingerprint density at radius 1 is 1.42 bits per heavy atom. The van der Waals surface area contributed by atoms with E-state index in [9.17, 15) is 8.42 Å². The normalized spacial score (nSPS) is 14.6. The zero-order valence-electron chi connectivity index (χ0n) is 7.37. The van der Waals surface area contributed by atoms with Crippen LogP contribution in [0.2, 0.25) is 0 Å². The van der Waals surface area contributed by atoms with Gasteiger partial charge in [0, 0.05) is 19.6 Å². The molecule has 0 aromatic heterocycles. The molecule has 0 radical (unpaired) electrons. The molecule has 0 spiro atoms. The van der Waals surface area contributed by atoms with Crippen molar-refractivity contribution in [2.75, 3.05) is 25.9 Å². The third-order valence-electron chi connectivity index (χ3n) is 1.11. The SMILES string of the molecule is C[C@H](O)CNCCNS(C)(=O)=O. The number of nitrogens with one attached hydrogen (secondary N) is 2. The number of rotatable bonds is 6. The Balaban J connectivity index is 3.23. The summed E-state index contributed by atoms with van der Waals surface area (Å²) >= 11 is 0. The summed E-state index contributed by atoms with van der Waals surface area (Å²) in [6.45, 7) is 3.02. The molecule has 12 heavy (non-hydrogen) atoms. The predicted molar refractivity (Wildman–Crippen MR) is 47.4 cm³/mol. The average molecular weight is 196 g/mol. The van der Waals surface area contributed by atoms with Gasteiger partial charge in [0.25, 0.3) is 0 Å². The van der Waals surface area contributed by atoms with Crippen molar-refractivity contribution in [3.63, 3.8) is 0 Å². The smallest absolute Gasteiger partial charge is 0.208 e. The first kappa shape index (κ1) is 11.8. The number of hydrogen-bond acceptors (Lipinski definition) is 4. The van der Waals surface area contributed by atoms with Crippen molar-refractivity contribution in [2.45, 2.75) is 13.0 Å².